The molecule has 0 aliphatic heterocycles. The van der Waals surface area contributed by atoms with Gasteiger partial charge in [-0.1, -0.05) is 128 Å². The van der Waals surface area contributed by atoms with Crippen molar-refractivity contribution in [2.75, 3.05) is 0 Å². The van der Waals surface area contributed by atoms with Gasteiger partial charge in [-0.25, -0.2) is 0 Å². The van der Waals surface area contributed by atoms with Crippen LogP contribution in [0, 0.1) is 0 Å². The zero-order valence-electron chi connectivity index (χ0n) is 31.3. The van der Waals surface area contributed by atoms with Gasteiger partial charge in [0, 0.05) is 30.9 Å². The Morgan fingerprint density at radius 2 is 1.22 bits per heavy atom. The molecule has 7 heteroatoms. The molecular weight excluding hydrogens is 610 g/mol. The van der Waals surface area contributed by atoms with E-state index in [1.54, 1.807) is 0 Å². The van der Waals surface area contributed by atoms with Crippen molar-refractivity contribution in [2.24, 2.45) is 0 Å². The summed E-state index contributed by atoms with van der Waals surface area (Å²) in [6.07, 6.45) is 5.57. The van der Waals surface area contributed by atoms with Gasteiger partial charge in [0.1, 0.15) is 23.2 Å². The fourth-order valence-corrected chi connectivity index (χ4v) is 6.19. The van der Waals surface area contributed by atoms with Crippen LogP contribution in [-0.4, -0.2) is 39.1 Å². The highest BCUT2D eigenvalue weighted by atomic mass is 16.6. The highest BCUT2D eigenvalue weighted by molar-refractivity contribution is 6.00. The smallest absolute Gasteiger partial charge is 0.306 e. The maximum atomic E-state index is 12.6. The van der Waals surface area contributed by atoms with Crippen LogP contribution in [0.2, 0.25) is 0 Å². The molecule has 4 aromatic rings. The van der Waals surface area contributed by atoms with Gasteiger partial charge in [0.25, 0.3) is 0 Å². The summed E-state index contributed by atoms with van der Waals surface area (Å²) >= 11 is 0. The van der Waals surface area contributed by atoms with Crippen LogP contribution < -0.4 is 0 Å². The number of hydrogen-bond donors (Lipinski definition) is 0. The minimum atomic E-state index is -0.299. The highest BCUT2D eigenvalue weighted by Gasteiger charge is 2.20. The van der Waals surface area contributed by atoms with E-state index in [1.165, 1.54) is 18.1 Å². The van der Waals surface area contributed by atoms with Gasteiger partial charge in [-0.2, -0.15) is 15.0 Å². The molecule has 1 heterocycles. The monoisotopic (exact) mass is 667 g/mol. The van der Waals surface area contributed by atoms with Crippen molar-refractivity contribution in [1.29, 1.82) is 0 Å². The lowest BCUT2D eigenvalue weighted by molar-refractivity contribution is -0.153. The van der Waals surface area contributed by atoms with Gasteiger partial charge in [0.05, 0.1) is 6.54 Å². The van der Waals surface area contributed by atoms with E-state index < -0.39 is 0 Å². The molecule has 0 saturated heterocycles. The van der Waals surface area contributed by atoms with Crippen LogP contribution in [0.3, 0.4) is 0 Å². The molecule has 0 amide bonds. The predicted octanol–water partition coefficient (Wildman–Crippen LogP) is 10.4. The molecule has 7 nitrogen and oxygen atoms in total. The molecule has 0 aliphatic rings. The number of rotatable bonds is 15. The van der Waals surface area contributed by atoms with E-state index in [9.17, 15) is 9.59 Å². The third-order valence-electron chi connectivity index (χ3n) is 9.08. The fraction of sp³-hybridized carbons (Fsp3) is 0.524. The number of carbonyl (C=O) groups excluding carboxylic acids is 2. The number of benzene rings is 3. The van der Waals surface area contributed by atoms with Gasteiger partial charge in [-0.3, -0.25) is 9.59 Å². The second-order valence-electron chi connectivity index (χ2n) is 15.5. The fourth-order valence-electron chi connectivity index (χ4n) is 6.19. The molecule has 2 unspecified atom stereocenters. The van der Waals surface area contributed by atoms with Gasteiger partial charge in [0.15, 0.2) is 0 Å². The lowest BCUT2D eigenvalue weighted by Gasteiger charge is -2.21. The lowest BCUT2D eigenvalue weighted by Crippen LogP contribution is -2.25. The molecule has 0 radical (unpaired) electrons. The second-order valence-corrected chi connectivity index (χ2v) is 15.5. The number of nitrogens with zero attached hydrogens (tertiary/aromatic N) is 3. The number of esters is 2. The summed E-state index contributed by atoms with van der Waals surface area (Å²) in [5.74, 6) is -0.507. The number of hydrogen-bond acceptors (Lipinski definition) is 6. The van der Waals surface area contributed by atoms with E-state index >= 15 is 0 Å². The Morgan fingerprint density at radius 1 is 0.714 bits per heavy atom. The molecule has 0 fully saturated rings. The molecular formula is C42H57N3O4. The number of aryl methyl sites for hydroxylation is 1. The normalized spacial score (nSPS) is 13.3. The van der Waals surface area contributed by atoms with Gasteiger partial charge in [-0.15, -0.1) is 0 Å². The summed E-state index contributed by atoms with van der Waals surface area (Å²) < 4.78 is 11.1. The Balaban J connectivity index is 1.44. The van der Waals surface area contributed by atoms with Crippen LogP contribution in [-0.2, 0) is 36.4 Å². The maximum Gasteiger partial charge on any atom is 0.306 e. The molecule has 1 aromatic heterocycles. The quantitative estimate of drug-likeness (QED) is 0.0927. The Hall–Kier alpha value is -4.00. The van der Waals surface area contributed by atoms with Crippen LogP contribution in [0.1, 0.15) is 125 Å². The summed E-state index contributed by atoms with van der Waals surface area (Å²) in [7, 11) is 0. The highest BCUT2D eigenvalue weighted by Crippen LogP contribution is 2.36. The first kappa shape index (κ1) is 37.8. The Labute approximate surface area is 293 Å². The Bertz CT molecular complexity index is 1580. The predicted molar refractivity (Wildman–Crippen MR) is 200 cm³/mol. The van der Waals surface area contributed by atoms with Crippen molar-refractivity contribution in [3.05, 3.63) is 71.8 Å². The van der Waals surface area contributed by atoms with Crippen molar-refractivity contribution in [3.63, 3.8) is 0 Å². The number of aromatic nitrogens is 3. The van der Waals surface area contributed by atoms with E-state index in [0.29, 0.717) is 19.4 Å². The second kappa shape index (κ2) is 16.6. The first-order chi connectivity index (χ1) is 23.2. The third-order valence-corrected chi connectivity index (χ3v) is 9.08. The van der Waals surface area contributed by atoms with Crippen molar-refractivity contribution in [3.8, 4) is 22.3 Å². The number of carbonyl (C=O) groups is 2. The molecule has 2 atom stereocenters. The van der Waals surface area contributed by atoms with Crippen molar-refractivity contribution in [1.82, 2.24) is 15.0 Å². The average molecular weight is 668 g/mol. The third kappa shape index (κ3) is 10.7. The molecule has 264 valence electrons. The van der Waals surface area contributed by atoms with E-state index in [1.807, 2.05) is 11.7 Å². The van der Waals surface area contributed by atoms with Gasteiger partial charge in [-0.05, 0) is 59.3 Å². The zero-order chi connectivity index (χ0) is 35.8. The van der Waals surface area contributed by atoms with E-state index in [4.69, 9.17) is 19.7 Å². The number of ether oxygens (including phenoxy) is 2. The Kier molecular flexibility index (Phi) is 12.8. The van der Waals surface area contributed by atoms with Gasteiger partial charge >= 0.3 is 11.9 Å². The van der Waals surface area contributed by atoms with Crippen LogP contribution >= 0.6 is 0 Å². The van der Waals surface area contributed by atoms with Crippen LogP contribution in [0.5, 0.6) is 0 Å². The van der Waals surface area contributed by atoms with E-state index in [2.05, 4.69) is 109 Å². The number of unbranched alkanes of at least 4 members (excludes halogenated alkanes) is 3. The van der Waals surface area contributed by atoms with Crippen LogP contribution in [0.4, 0.5) is 0 Å². The first-order valence-electron chi connectivity index (χ1n) is 18.1. The van der Waals surface area contributed by atoms with E-state index in [-0.39, 0.29) is 35.0 Å². The summed E-state index contributed by atoms with van der Waals surface area (Å²) in [4.78, 5) is 25.9. The van der Waals surface area contributed by atoms with Crippen molar-refractivity contribution >= 4 is 23.0 Å². The summed E-state index contributed by atoms with van der Waals surface area (Å²) in [5.41, 5.74) is 8.92. The lowest BCUT2D eigenvalue weighted by atomic mass is 9.85. The first-order valence-corrected chi connectivity index (χ1v) is 18.1. The molecule has 0 bridgehead atoms. The largest absolute Gasteiger partial charge is 0.463 e. The Morgan fingerprint density at radius 3 is 1.67 bits per heavy atom. The van der Waals surface area contributed by atoms with E-state index in [0.717, 1.165) is 71.8 Å². The summed E-state index contributed by atoms with van der Waals surface area (Å²) in [6, 6.07) is 21.9. The molecule has 0 N–H and O–H groups in total. The standard InChI is InChI=1S/C42H57N3O4/c1-10-11-15-35(49-30(3)46)28-29(2)48-38(47)16-13-12-14-27-45-43-39-36(31-17-21-33(22-18-31)41(4,5)6)25-26-37(40(39)44-45)32-19-23-34(24-20-32)42(7,8)9/h17-26,29,35H,10-16,27-28H2,1-9H3. The molecule has 4 rings (SSSR count). The van der Waals surface area contributed by atoms with Crippen molar-refractivity contribution < 1.29 is 19.1 Å². The molecule has 49 heavy (non-hydrogen) atoms. The topological polar surface area (TPSA) is 83.3 Å². The summed E-state index contributed by atoms with van der Waals surface area (Å²) in [6.45, 7) is 19.4. The zero-order valence-corrected chi connectivity index (χ0v) is 31.3. The molecule has 3 aromatic carbocycles. The summed E-state index contributed by atoms with van der Waals surface area (Å²) in [5, 5.41) is 10.0. The molecule has 0 saturated carbocycles. The van der Waals surface area contributed by atoms with Crippen LogP contribution in [0.25, 0.3) is 33.3 Å². The average Bonchev–Trinajstić information content (AvgIpc) is 3.46. The molecule has 0 aliphatic carbocycles. The molecule has 0 spiro atoms. The number of fused-ring (bicyclic) bond motifs is 1. The van der Waals surface area contributed by atoms with Crippen LogP contribution in [0.15, 0.2) is 60.7 Å². The minimum Gasteiger partial charge on any atom is -0.463 e. The maximum absolute atomic E-state index is 12.6. The minimum absolute atomic E-state index is 0.0809. The van der Waals surface area contributed by atoms with Gasteiger partial charge in [0.2, 0.25) is 0 Å². The van der Waals surface area contributed by atoms with Crippen molar-refractivity contribution in [2.45, 2.75) is 143 Å². The SMILES string of the molecule is CCCCC(CC(C)OC(=O)CCCCCn1nc2c(-c3ccc(C(C)(C)C)cc3)ccc(-c3ccc(C(C)(C)C)cc3)c2n1)OC(C)=O. The van der Waals surface area contributed by atoms with Gasteiger partial charge < -0.3 is 9.47 Å².